The summed E-state index contributed by atoms with van der Waals surface area (Å²) in [6.45, 7) is 12.6. The number of hydrogen-bond acceptors (Lipinski definition) is 0. The molecule has 0 fully saturated rings. The lowest BCUT2D eigenvalue weighted by molar-refractivity contribution is 0.547. The molecule has 0 nitrogen and oxygen atoms in total. The van der Waals surface area contributed by atoms with Gasteiger partial charge in [-0.25, -0.2) is 0 Å². The van der Waals surface area contributed by atoms with E-state index in [9.17, 15) is 0 Å². The predicted molar refractivity (Wildman–Crippen MR) is 69.6 cm³/mol. The summed E-state index contributed by atoms with van der Waals surface area (Å²) >= 11 is 0. The van der Waals surface area contributed by atoms with Crippen LogP contribution in [0.2, 0.25) is 0 Å². The number of rotatable bonds is 2. The Hall–Kier alpha value is -1.30. The molecule has 0 saturated heterocycles. The van der Waals surface area contributed by atoms with Crippen molar-refractivity contribution in [3.05, 3.63) is 48.0 Å². The summed E-state index contributed by atoms with van der Waals surface area (Å²) in [4.78, 5) is 0. The van der Waals surface area contributed by atoms with E-state index in [1.807, 2.05) is 6.92 Å². The van der Waals surface area contributed by atoms with E-state index in [-0.39, 0.29) is 5.41 Å². The molecule has 0 heteroatoms. The standard InChI is InChI=1S/C15H20/c1-12(2)14-8-6-13(7-9-14)10-11-15(3,4)5/h6-11H,1H2,2-5H3/b11-10+. The molecule has 15 heavy (non-hydrogen) atoms. The fourth-order valence-electron chi connectivity index (χ4n) is 1.22. The van der Waals surface area contributed by atoms with Gasteiger partial charge in [0.05, 0.1) is 0 Å². The minimum Gasteiger partial charge on any atom is -0.0955 e. The minimum atomic E-state index is 0.243. The monoisotopic (exact) mass is 200 g/mol. The van der Waals surface area contributed by atoms with Crippen LogP contribution in [0.25, 0.3) is 11.6 Å². The zero-order valence-corrected chi connectivity index (χ0v) is 10.2. The van der Waals surface area contributed by atoms with Gasteiger partial charge >= 0.3 is 0 Å². The van der Waals surface area contributed by atoms with Crippen LogP contribution in [0.3, 0.4) is 0 Å². The molecule has 0 radical (unpaired) electrons. The quantitative estimate of drug-likeness (QED) is 0.644. The summed E-state index contributed by atoms with van der Waals surface area (Å²) in [5.41, 5.74) is 3.81. The average molecular weight is 200 g/mol. The number of allylic oxidation sites excluding steroid dienone is 2. The second-order valence-corrected chi connectivity index (χ2v) is 5.10. The fourth-order valence-corrected chi connectivity index (χ4v) is 1.22. The lowest BCUT2D eigenvalue weighted by Crippen LogP contribution is -1.97. The first kappa shape index (κ1) is 11.8. The van der Waals surface area contributed by atoms with E-state index < -0.39 is 0 Å². The zero-order valence-electron chi connectivity index (χ0n) is 10.2. The summed E-state index contributed by atoms with van der Waals surface area (Å²) in [7, 11) is 0. The molecule has 0 atom stereocenters. The third-order valence-corrected chi connectivity index (χ3v) is 2.18. The second kappa shape index (κ2) is 4.48. The average Bonchev–Trinajstić information content (AvgIpc) is 2.14. The highest BCUT2D eigenvalue weighted by Gasteiger charge is 2.03. The van der Waals surface area contributed by atoms with Crippen molar-refractivity contribution in [3.8, 4) is 0 Å². The van der Waals surface area contributed by atoms with Gasteiger partial charge in [0.25, 0.3) is 0 Å². The minimum absolute atomic E-state index is 0.243. The van der Waals surface area contributed by atoms with Crippen molar-refractivity contribution in [3.63, 3.8) is 0 Å². The van der Waals surface area contributed by atoms with Crippen molar-refractivity contribution in [1.29, 1.82) is 0 Å². The van der Waals surface area contributed by atoms with Crippen molar-refractivity contribution >= 4 is 11.6 Å². The van der Waals surface area contributed by atoms with Crippen molar-refractivity contribution in [2.24, 2.45) is 5.41 Å². The summed E-state index contributed by atoms with van der Waals surface area (Å²) in [5.74, 6) is 0. The van der Waals surface area contributed by atoms with E-state index in [0.717, 1.165) is 5.57 Å². The Morgan fingerprint density at radius 2 is 1.67 bits per heavy atom. The number of hydrogen-bond donors (Lipinski definition) is 0. The Kier molecular flexibility index (Phi) is 3.52. The Morgan fingerprint density at radius 1 is 1.13 bits per heavy atom. The molecule has 0 aliphatic heterocycles. The van der Waals surface area contributed by atoms with Crippen LogP contribution in [-0.2, 0) is 0 Å². The molecule has 0 saturated carbocycles. The molecule has 0 amide bonds. The van der Waals surface area contributed by atoms with Crippen LogP contribution in [0.5, 0.6) is 0 Å². The van der Waals surface area contributed by atoms with E-state index in [1.165, 1.54) is 11.1 Å². The molecule has 80 valence electrons. The van der Waals surface area contributed by atoms with Crippen molar-refractivity contribution in [1.82, 2.24) is 0 Å². The first-order valence-electron chi connectivity index (χ1n) is 5.34. The molecule has 0 aromatic heterocycles. The maximum absolute atomic E-state index is 3.92. The van der Waals surface area contributed by atoms with Gasteiger partial charge in [-0.2, -0.15) is 0 Å². The van der Waals surface area contributed by atoms with Gasteiger partial charge in [-0.05, 0) is 23.5 Å². The molecule has 0 spiro atoms. The van der Waals surface area contributed by atoms with Crippen molar-refractivity contribution < 1.29 is 0 Å². The normalized spacial score (nSPS) is 12.0. The SMILES string of the molecule is C=C(C)c1ccc(/C=C/C(C)(C)C)cc1. The van der Waals surface area contributed by atoms with Crippen LogP contribution in [0.15, 0.2) is 36.9 Å². The largest absolute Gasteiger partial charge is 0.0955 e. The first-order valence-corrected chi connectivity index (χ1v) is 5.34. The molecular weight excluding hydrogens is 180 g/mol. The van der Waals surface area contributed by atoms with Crippen LogP contribution in [-0.4, -0.2) is 0 Å². The van der Waals surface area contributed by atoms with E-state index in [0.29, 0.717) is 0 Å². The van der Waals surface area contributed by atoms with Gasteiger partial charge in [0.2, 0.25) is 0 Å². The van der Waals surface area contributed by atoms with Crippen molar-refractivity contribution in [2.75, 3.05) is 0 Å². The highest BCUT2D eigenvalue weighted by Crippen LogP contribution is 2.18. The van der Waals surface area contributed by atoms with Gasteiger partial charge in [-0.1, -0.05) is 69.3 Å². The van der Waals surface area contributed by atoms with E-state index >= 15 is 0 Å². The third-order valence-electron chi connectivity index (χ3n) is 2.18. The van der Waals surface area contributed by atoms with Gasteiger partial charge in [-0.3, -0.25) is 0 Å². The lowest BCUT2D eigenvalue weighted by atomic mass is 9.95. The molecule has 0 bridgehead atoms. The maximum Gasteiger partial charge on any atom is -0.0200 e. The highest BCUT2D eigenvalue weighted by molar-refractivity contribution is 5.63. The molecule has 0 heterocycles. The summed E-state index contributed by atoms with van der Waals surface area (Å²) in [6.07, 6.45) is 4.39. The summed E-state index contributed by atoms with van der Waals surface area (Å²) in [6, 6.07) is 8.49. The Labute approximate surface area is 93.3 Å². The molecule has 0 aliphatic carbocycles. The molecule has 0 aliphatic rings. The van der Waals surface area contributed by atoms with Crippen LogP contribution < -0.4 is 0 Å². The fraction of sp³-hybridized carbons (Fsp3) is 0.333. The van der Waals surface area contributed by atoms with Gasteiger partial charge in [0.1, 0.15) is 0 Å². The van der Waals surface area contributed by atoms with Crippen LogP contribution in [0.4, 0.5) is 0 Å². The smallest absolute Gasteiger partial charge is 0.0200 e. The highest BCUT2D eigenvalue weighted by atomic mass is 14.1. The Morgan fingerprint density at radius 3 is 2.07 bits per heavy atom. The Bertz CT molecular complexity index is 358. The van der Waals surface area contributed by atoms with Gasteiger partial charge in [-0.15, -0.1) is 0 Å². The van der Waals surface area contributed by atoms with Gasteiger partial charge in [0.15, 0.2) is 0 Å². The van der Waals surface area contributed by atoms with Crippen LogP contribution in [0, 0.1) is 5.41 Å². The topological polar surface area (TPSA) is 0 Å². The lowest BCUT2D eigenvalue weighted by Gasteiger charge is -2.11. The molecule has 1 aromatic rings. The zero-order chi connectivity index (χ0) is 11.5. The predicted octanol–water partition coefficient (Wildman–Crippen LogP) is 4.78. The van der Waals surface area contributed by atoms with Crippen molar-refractivity contribution in [2.45, 2.75) is 27.7 Å². The van der Waals surface area contributed by atoms with E-state index in [1.54, 1.807) is 0 Å². The Balaban J connectivity index is 2.82. The summed E-state index contributed by atoms with van der Waals surface area (Å²) < 4.78 is 0. The molecule has 0 N–H and O–H groups in total. The van der Waals surface area contributed by atoms with Crippen LogP contribution >= 0.6 is 0 Å². The molecule has 1 rings (SSSR count). The van der Waals surface area contributed by atoms with Gasteiger partial charge in [0, 0.05) is 0 Å². The first-order chi connectivity index (χ1) is 6.88. The van der Waals surface area contributed by atoms with Crippen LogP contribution in [0.1, 0.15) is 38.8 Å². The molecule has 0 unspecified atom stereocenters. The maximum atomic E-state index is 3.92. The van der Waals surface area contributed by atoms with E-state index in [2.05, 4.69) is 63.8 Å². The van der Waals surface area contributed by atoms with Gasteiger partial charge < -0.3 is 0 Å². The third kappa shape index (κ3) is 4.16. The van der Waals surface area contributed by atoms with E-state index in [4.69, 9.17) is 0 Å². The second-order valence-electron chi connectivity index (χ2n) is 5.10. The molecule has 1 aromatic carbocycles. The number of benzene rings is 1. The molecular formula is C15H20. The summed E-state index contributed by atoms with van der Waals surface area (Å²) in [5, 5.41) is 0.